The van der Waals surface area contributed by atoms with Gasteiger partial charge in [-0.15, -0.1) is 11.3 Å². The van der Waals surface area contributed by atoms with Crippen LogP contribution in [0.4, 0.5) is 5.82 Å². The number of rotatable bonds is 8. The van der Waals surface area contributed by atoms with E-state index in [0.717, 1.165) is 42.5 Å². The van der Waals surface area contributed by atoms with Crippen LogP contribution >= 0.6 is 11.3 Å². The van der Waals surface area contributed by atoms with Crippen molar-refractivity contribution in [3.8, 4) is 0 Å². The summed E-state index contributed by atoms with van der Waals surface area (Å²) in [6.45, 7) is 6.80. The fourth-order valence-electron chi connectivity index (χ4n) is 2.15. The highest BCUT2D eigenvalue weighted by molar-refractivity contribution is 7.15. The second kappa shape index (κ2) is 7.42. The molecule has 0 aromatic carbocycles. The van der Waals surface area contributed by atoms with Crippen LogP contribution in [0.15, 0.2) is 11.6 Å². The van der Waals surface area contributed by atoms with Gasteiger partial charge < -0.3 is 15.5 Å². The number of thiazole rings is 1. The summed E-state index contributed by atoms with van der Waals surface area (Å²) in [4.78, 5) is 19.4. The van der Waals surface area contributed by atoms with E-state index in [1.807, 2.05) is 30.4 Å². The minimum atomic E-state index is 0.0325. The Balaban J connectivity index is 2.15. The first kappa shape index (κ1) is 15.8. The molecule has 0 unspecified atom stereocenters. The molecule has 6 nitrogen and oxygen atoms in total. The molecule has 0 spiro atoms. The molecular formula is C14H23N5OS. The molecule has 0 aliphatic heterocycles. The van der Waals surface area contributed by atoms with Gasteiger partial charge in [-0.1, -0.05) is 13.8 Å². The Bertz CT molecular complexity index is 591. The molecule has 0 aliphatic rings. The molecule has 1 amide bonds. The number of hydrogen-bond acceptors (Lipinski definition) is 5. The second-order valence-electron chi connectivity index (χ2n) is 4.92. The predicted octanol–water partition coefficient (Wildman–Crippen LogP) is 1.47. The van der Waals surface area contributed by atoms with E-state index in [1.165, 1.54) is 0 Å². The van der Waals surface area contributed by atoms with Crippen molar-refractivity contribution in [1.82, 2.24) is 20.0 Å². The number of nitrogens with one attached hydrogen (secondary N) is 2. The summed E-state index contributed by atoms with van der Waals surface area (Å²) in [7, 11) is 1.91. The molecule has 0 bridgehead atoms. The first-order valence-electron chi connectivity index (χ1n) is 7.30. The van der Waals surface area contributed by atoms with Crippen LogP contribution in [0.1, 0.15) is 26.0 Å². The van der Waals surface area contributed by atoms with Gasteiger partial charge in [-0.05, 0) is 13.0 Å². The Hall–Kier alpha value is -1.60. The van der Waals surface area contributed by atoms with Crippen molar-refractivity contribution in [3.05, 3.63) is 17.3 Å². The lowest BCUT2D eigenvalue weighted by Crippen LogP contribution is -2.36. The monoisotopic (exact) mass is 309 g/mol. The maximum absolute atomic E-state index is 11.9. The first-order chi connectivity index (χ1) is 10.2. The Morgan fingerprint density at radius 1 is 1.48 bits per heavy atom. The Morgan fingerprint density at radius 3 is 3.00 bits per heavy atom. The summed E-state index contributed by atoms with van der Waals surface area (Å²) < 4.78 is 2.09. The zero-order valence-corrected chi connectivity index (χ0v) is 13.7. The zero-order valence-electron chi connectivity index (χ0n) is 12.8. The summed E-state index contributed by atoms with van der Waals surface area (Å²) in [6, 6.07) is 0. The van der Waals surface area contributed by atoms with E-state index < -0.39 is 0 Å². The third-order valence-corrected chi connectivity index (χ3v) is 3.95. The molecule has 0 saturated heterocycles. The summed E-state index contributed by atoms with van der Waals surface area (Å²) in [6.07, 6.45) is 2.97. The van der Waals surface area contributed by atoms with Gasteiger partial charge in [0, 0.05) is 31.7 Å². The Labute approximate surface area is 129 Å². The summed E-state index contributed by atoms with van der Waals surface area (Å²) in [5, 5.41) is 8.25. The molecule has 0 atom stereocenters. The average molecular weight is 309 g/mol. The number of aromatic nitrogens is 2. The third kappa shape index (κ3) is 3.74. The topological polar surface area (TPSA) is 61.7 Å². The SMILES string of the molecule is CCCNC(=O)CN(C)c1nc2sccn2c1CNCC. The molecule has 0 aliphatic carbocycles. The first-order valence-corrected chi connectivity index (χ1v) is 8.18. The largest absolute Gasteiger partial charge is 0.355 e. The van der Waals surface area contributed by atoms with E-state index in [1.54, 1.807) is 11.3 Å². The molecule has 116 valence electrons. The number of anilines is 1. The van der Waals surface area contributed by atoms with Crippen LogP contribution in [0, 0.1) is 0 Å². The van der Waals surface area contributed by atoms with Gasteiger partial charge in [-0.3, -0.25) is 9.20 Å². The van der Waals surface area contributed by atoms with Crippen LogP contribution in [0.3, 0.4) is 0 Å². The van der Waals surface area contributed by atoms with Crippen LogP contribution in [-0.2, 0) is 11.3 Å². The van der Waals surface area contributed by atoms with Gasteiger partial charge in [0.25, 0.3) is 0 Å². The highest BCUT2D eigenvalue weighted by Crippen LogP contribution is 2.23. The highest BCUT2D eigenvalue weighted by Gasteiger charge is 2.17. The number of amides is 1. The maximum atomic E-state index is 11.9. The lowest BCUT2D eigenvalue weighted by atomic mass is 10.3. The predicted molar refractivity (Wildman–Crippen MR) is 87.0 cm³/mol. The van der Waals surface area contributed by atoms with Crippen LogP contribution < -0.4 is 15.5 Å². The summed E-state index contributed by atoms with van der Waals surface area (Å²) in [5.74, 6) is 0.902. The van der Waals surface area contributed by atoms with Crippen LogP contribution in [-0.4, -0.2) is 42.0 Å². The van der Waals surface area contributed by atoms with Gasteiger partial charge in [-0.25, -0.2) is 4.98 Å². The van der Waals surface area contributed by atoms with E-state index >= 15 is 0 Å². The fourth-order valence-corrected chi connectivity index (χ4v) is 2.87. The molecule has 2 aromatic rings. The molecule has 0 radical (unpaired) electrons. The molecular weight excluding hydrogens is 286 g/mol. The molecule has 2 N–H and O–H groups in total. The van der Waals surface area contributed by atoms with E-state index in [4.69, 9.17) is 0 Å². The van der Waals surface area contributed by atoms with Crippen molar-refractivity contribution in [2.75, 3.05) is 31.6 Å². The number of nitrogens with zero attached hydrogens (tertiary/aromatic N) is 3. The smallest absolute Gasteiger partial charge is 0.239 e. The normalized spacial score (nSPS) is 11.0. The highest BCUT2D eigenvalue weighted by atomic mass is 32.1. The third-order valence-electron chi connectivity index (χ3n) is 3.20. The molecule has 0 saturated carbocycles. The van der Waals surface area contributed by atoms with Crippen molar-refractivity contribution in [2.24, 2.45) is 0 Å². The summed E-state index contributed by atoms with van der Waals surface area (Å²) in [5.41, 5.74) is 1.10. The van der Waals surface area contributed by atoms with Crippen molar-refractivity contribution in [2.45, 2.75) is 26.8 Å². The van der Waals surface area contributed by atoms with E-state index in [-0.39, 0.29) is 5.91 Å². The van der Waals surface area contributed by atoms with E-state index in [0.29, 0.717) is 6.54 Å². The van der Waals surface area contributed by atoms with Crippen LogP contribution in [0.2, 0.25) is 0 Å². The summed E-state index contributed by atoms with van der Waals surface area (Å²) >= 11 is 1.60. The molecule has 7 heteroatoms. The number of carbonyl (C=O) groups excluding carboxylic acids is 1. The lowest BCUT2D eigenvalue weighted by molar-refractivity contribution is -0.119. The van der Waals surface area contributed by atoms with Crippen molar-refractivity contribution >= 4 is 28.0 Å². The van der Waals surface area contributed by atoms with Crippen molar-refractivity contribution in [1.29, 1.82) is 0 Å². The Morgan fingerprint density at radius 2 is 2.29 bits per heavy atom. The van der Waals surface area contributed by atoms with Gasteiger partial charge >= 0.3 is 0 Å². The molecule has 2 rings (SSSR count). The number of hydrogen-bond donors (Lipinski definition) is 2. The van der Waals surface area contributed by atoms with Gasteiger partial charge in [-0.2, -0.15) is 0 Å². The second-order valence-corrected chi connectivity index (χ2v) is 5.80. The molecule has 2 heterocycles. The maximum Gasteiger partial charge on any atom is 0.239 e. The van der Waals surface area contributed by atoms with Gasteiger partial charge in [0.15, 0.2) is 10.8 Å². The average Bonchev–Trinajstić information content (AvgIpc) is 3.03. The molecule has 0 fully saturated rings. The molecule has 2 aromatic heterocycles. The van der Waals surface area contributed by atoms with Gasteiger partial charge in [0.2, 0.25) is 5.91 Å². The number of imidazole rings is 1. The van der Waals surface area contributed by atoms with Crippen LogP contribution in [0.25, 0.3) is 4.96 Å². The minimum absolute atomic E-state index is 0.0325. The van der Waals surface area contributed by atoms with Crippen LogP contribution in [0.5, 0.6) is 0 Å². The number of carbonyl (C=O) groups is 1. The van der Waals surface area contributed by atoms with Gasteiger partial charge in [0.05, 0.1) is 12.2 Å². The molecule has 21 heavy (non-hydrogen) atoms. The zero-order chi connectivity index (χ0) is 15.2. The number of likely N-dealkylation sites (N-methyl/N-ethyl adjacent to an activating group) is 1. The lowest BCUT2D eigenvalue weighted by Gasteiger charge is -2.18. The number of fused-ring (bicyclic) bond motifs is 1. The van der Waals surface area contributed by atoms with Crippen molar-refractivity contribution in [3.63, 3.8) is 0 Å². The van der Waals surface area contributed by atoms with Gasteiger partial charge in [0.1, 0.15) is 0 Å². The van der Waals surface area contributed by atoms with Crippen molar-refractivity contribution < 1.29 is 4.79 Å². The standard InChI is InChI=1S/C14H23N5OS/c1-4-6-16-12(20)10-18(3)13-11(9-15-5-2)19-7-8-21-14(19)17-13/h7-8,15H,4-6,9-10H2,1-3H3,(H,16,20). The Kier molecular flexibility index (Phi) is 5.58. The van der Waals surface area contributed by atoms with E-state index in [9.17, 15) is 4.79 Å². The fraction of sp³-hybridized carbons (Fsp3) is 0.571. The quantitative estimate of drug-likeness (QED) is 0.775. The minimum Gasteiger partial charge on any atom is -0.355 e. The van der Waals surface area contributed by atoms with E-state index in [2.05, 4.69) is 26.9 Å².